The minimum atomic E-state index is 0.979. The molecule has 1 heterocycles. The summed E-state index contributed by atoms with van der Waals surface area (Å²) in [6, 6.07) is 62.4. The largest absolute Gasteiger partial charge is 0.296 e. The second-order valence-corrected chi connectivity index (χ2v) is 15.0. The van der Waals surface area contributed by atoms with E-state index in [1.165, 1.54) is 87.7 Å². The molecule has 0 atom stereocenters. The SMILES string of the molecule is Cc1c2ccccc2c(-c2cccc(-c3c4ccccc4c(-c4cccc(-c5nc6ccccc6n5C5=CC=CCC5)c4)c4ccccc34)c2)c2ccccc12. The number of fused-ring (bicyclic) bond motifs is 5. The molecule has 1 aliphatic carbocycles. The van der Waals surface area contributed by atoms with Gasteiger partial charge in [0, 0.05) is 11.3 Å². The maximum atomic E-state index is 5.25. The van der Waals surface area contributed by atoms with Gasteiger partial charge in [0.1, 0.15) is 5.82 Å². The third kappa shape index (κ3) is 5.07. The second-order valence-electron chi connectivity index (χ2n) is 15.0. The van der Waals surface area contributed by atoms with Crippen LogP contribution in [0.5, 0.6) is 0 Å². The lowest BCUT2D eigenvalue weighted by Gasteiger charge is -2.20. The smallest absolute Gasteiger partial charge is 0.145 e. The van der Waals surface area contributed by atoms with E-state index >= 15 is 0 Å². The van der Waals surface area contributed by atoms with Crippen LogP contribution in [0.25, 0.3) is 105 Å². The van der Waals surface area contributed by atoms with Gasteiger partial charge >= 0.3 is 0 Å². The van der Waals surface area contributed by atoms with Crippen LogP contribution in [-0.2, 0) is 0 Å². The first kappa shape index (κ1) is 32.4. The molecule has 1 aliphatic rings. The van der Waals surface area contributed by atoms with E-state index in [4.69, 9.17) is 4.98 Å². The van der Waals surface area contributed by atoms with E-state index in [2.05, 4.69) is 200 Å². The third-order valence-electron chi connectivity index (χ3n) is 11.8. The van der Waals surface area contributed by atoms with Crippen molar-refractivity contribution in [3.63, 3.8) is 0 Å². The van der Waals surface area contributed by atoms with E-state index in [-0.39, 0.29) is 0 Å². The van der Waals surface area contributed by atoms with Crippen LogP contribution in [0.3, 0.4) is 0 Å². The van der Waals surface area contributed by atoms with E-state index in [9.17, 15) is 0 Å². The highest BCUT2D eigenvalue weighted by molar-refractivity contribution is 6.22. The zero-order chi connectivity index (χ0) is 37.2. The maximum Gasteiger partial charge on any atom is 0.145 e. The summed E-state index contributed by atoms with van der Waals surface area (Å²) in [4.78, 5) is 5.25. The van der Waals surface area contributed by atoms with Gasteiger partial charge in [0.15, 0.2) is 0 Å². The number of aryl methyl sites for hydroxylation is 1. The first-order chi connectivity index (χ1) is 27.7. The number of hydrogen-bond acceptors (Lipinski definition) is 1. The molecule has 0 saturated carbocycles. The topological polar surface area (TPSA) is 17.8 Å². The average molecular weight is 715 g/mol. The molecule has 2 nitrogen and oxygen atoms in total. The fraction of sp³-hybridized carbons (Fsp3) is 0.0556. The molecule has 0 aliphatic heterocycles. The molecule has 0 amide bonds. The number of hydrogen-bond donors (Lipinski definition) is 0. The Kier molecular flexibility index (Phi) is 7.57. The highest BCUT2D eigenvalue weighted by Crippen LogP contribution is 2.46. The first-order valence-electron chi connectivity index (χ1n) is 19.6. The summed E-state index contributed by atoms with van der Waals surface area (Å²) < 4.78 is 2.37. The Bertz CT molecular complexity index is 3150. The summed E-state index contributed by atoms with van der Waals surface area (Å²) in [5, 5.41) is 10.1. The van der Waals surface area contributed by atoms with Crippen molar-refractivity contribution < 1.29 is 0 Å². The molecule has 0 bridgehead atoms. The highest BCUT2D eigenvalue weighted by atomic mass is 15.1. The van der Waals surface area contributed by atoms with E-state index < -0.39 is 0 Å². The van der Waals surface area contributed by atoms with Crippen molar-refractivity contribution in [1.29, 1.82) is 0 Å². The van der Waals surface area contributed by atoms with Gasteiger partial charge in [-0.3, -0.25) is 4.57 Å². The summed E-state index contributed by atoms with van der Waals surface area (Å²) in [5.41, 5.74) is 13.3. The lowest BCUT2D eigenvalue weighted by molar-refractivity contribution is 0.960. The summed E-state index contributed by atoms with van der Waals surface area (Å²) >= 11 is 0. The number of aromatic nitrogens is 2. The molecule has 2 heteroatoms. The molecular weight excluding hydrogens is 677 g/mol. The molecule has 9 aromatic carbocycles. The van der Waals surface area contributed by atoms with Gasteiger partial charge < -0.3 is 0 Å². The Labute approximate surface area is 326 Å². The number of allylic oxidation sites excluding steroid dienone is 4. The third-order valence-corrected chi connectivity index (χ3v) is 11.8. The quantitative estimate of drug-likeness (QED) is 0.162. The predicted octanol–water partition coefficient (Wildman–Crippen LogP) is 14.8. The molecule has 264 valence electrons. The molecule has 0 saturated heterocycles. The Balaban J connectivity index is 1.13. The molecular formula is C54H38N2. The van der Waals surface area contributed by atoms with E-state index in [0.29, 0.717) is 0 Å². The number of nitrogens with zero attached hydrogens (tertiary/aromatic N) is 2. The Hall–Kier alpha value is -7.03. The monoisotopic (exact) mass is 714 g/mol. The van der Waals surface area contributed by atoms with E-state index in [1.807, 2.05) is 0 Å². The van der Waals surface area contributed by atoms with Crippen molar-refractivity contribution in [3.8, 4) is 44.8 Å². The van der Waals surface area contributed by atoms with Gasteiger partial charge in [0.2, 0.25) is 0 Å². The lowest BCUT2D eigenvalue weighted by Crippen LogP contribution is -2.01. The first-order valence-corrected chi connectivity index (χ1v) is 19.6. The Morgan fingerprint density at radius 3 is 1.38 bits per heavy atom. The molecule has 56 heavy (non-hydrogen) atoms. The van der Waals surface area contributed by atoms with Crippen LogP contribution in [0.15, 0.2) is 188 Å². The van der Waals surface area contributed by atoms with Gasteiger partial charge in [0.25, 0.3) is 0 Å². The van der Waals surface area contributed by atoms with Gasteiger partial charge in [-0.15, -0.1) is 0 Å². The molecule has 0 radical (unpaired) electrons. The summed E-state index contributed by atoms with van der Waals surface area (Å²) in [7, 11) is 0. The fourth-order valence-electron chi connectivity index (χ4n) is 9.34. The van der Waals surface area contributed by atoms with Gasteiger partial charge in [-0.05, 0) is 132 Å². The molecule has 0 N–H and O–H groups in total. The molecule has 0 spiro atoms. The van der Waals surface area contributed by atoms with E-state index in [0.717, 1.165) is 35.3 Å². The zero-order valence-electron chi connectivity index (χ0n) is 31.2. The highest BCUT2D eigenvalue weighted by Gasteiger charge is 2.21. The fourth-order valence-corrected chi connectivity index (χ4v) is 9.34. The normalized spacial score (nSPS) is 13.0. The van der Waals surface area contributed by atoms with Crippen molar-refractivity contribution >= 4 is 59.8 Å². The second kappa shape index (κ2) is 13.1. The summed E-state index contributed by atoms with van der Waals surface area (Å²) in [6.45, 7) is 2.25. The standard InChI is InChI=1S/C54H38N2/c1-35-41-23-5-7-25-43(41)51(44-26-8-6-24-42(35)44)36-17-15-18-37(33-36)52-45-27-9-11-29-47(45)53(48-30-12-10-28-46(48)52)38-19-16-20-39(34-38)54-55-49-31-13-14-32-50(49)56(54)40-21-3-2-4-22-40/h2-3,5-21,23-34H,4,22H2,1H3. The van der Waals surface area contributed by atoms with Crippen molar-refractivity contribution in [1.82, 2.24) is 9.55 Å². The van der Waals surface area contributed by atoms with Crippen LogP contribution in [0, 0.1) is 6.92 Å². The van der Waals surface area contributed by atoms with Crippen molar-refractivity contribution in [2.24, 2.45) is 0 Å². The van der Waals surface area contributed by atoms with Crippen molar-refractivity contribution in [2.45, 2.75) is 19.8 Å². The molecule has 11 rings (SSSR count). The zero-order valence-corrected chi connectivity index (χ0v) is 31.2. The van der Waals surface area contributed by atoms with Gasteiger partial charge in [-0.2, -0.15) is 0 Å². The van der Waals surface area contributed by atoms with Crippen LogP contribution in [0.4, 0.5) is 0 Å². The Morgan fingerprint density at radius 1 is 0.446 bits per heavy atom. The Morgan fingerprint density at radius 2 is 0.875 bits per heavy atom. The van der Waals surface area contributed by atoms with Crippen molar-refractivity contribution in [2.75, 3.05) is 0 Å². The van der Waals surface area contributed by atoms with Crippen LogP contribution in [-0.4, -0.2) is 9.55 Å². The number of benzene rings is 9. The predicted molar refractivity (Wildman–Crippen MR) is 239 cm³/mol. The summed E-state index contributed by atoms with van der Waals surface area (Å²) in [5.74, 6) is 0.979. The van der Waals surface area contributed by atoms with Gasteiger partial charge in [-0.1, -0.05) is 158 Å². The van der Waals surface area contributed by atoms with Crippen molar-refractivity contribution in [3.05, 3.63) is 194 Å². The molecule has 10 aromatic rings. The minimum absolute atomic E-state index is 0.979. The number of rotatable bonds is 5. The van der Waals surface area contributed by atoms with Crippen LogP contribution < -0.4 is 0 Å². The molecule has 1 aromatic heterocycles. The molecule has 0 unspecified atom stereocenters. The number of para-hydroxylation sites is 2. The van der Waals surface area contributed by atoms with Crippen LogP contribution in [0.2, 0.25) is 0 Å². The molecule has 0 fully saturated rings. The van der Waals surface area contributed by atoms with Crippen LogP contribution in [0.1, 0.15) is 18.4 Å². The summed E-state index contributed by atoms with van der Waals surface area (Å²) in [6.07, 6.45) is 8.67. The maximum absolute atomic E-state index is 5.25. The lowest BCUT2D eigenvalue weighted by atomic mass is 9.84. The van der Waals surface area contributed by atoms with Gasteiger partial charge in [0.05, 0.1) is 11.0 Å². The van der Waals surface area contributed by atoms with Crippen LogP contribution >= 0.6 is 0 Å². The average Bonchev–Trinajstić information content (AvgIpc) is 3.66. The van der Waals surface area contributed by atoms with E-state index in [1.54, 1.807) is 0 Å². The minimum Gasteiger partial charge on any atom is -0.296 e. The van der Waals surface area contributed by atoms with Gasteiger partial charge in [-0.25, -0.2) is 4.98 Å². The number of imidazole rings is 1.